The van der Waals surface area contributed by atoms with Crippen molar-refractivity contribution in [3.05, 3.63) is 56.7 Å². The number of hydrogen-bond donors (Lipinski definition) is 2. The molecule has 1 saturated heterocycles. The minimum atomic E-state index is -1.55. The van der Waals surface area contributed by atoms with Crippen molar-refractivity contribution in [2.45, 2.75) is 39.1 Å². The van der Waals surface area contributed by atoms with Crippen LogP contribution < -0.4 is 45.7 Å². The summed E-state index contributed by atoms with van der Waals surface area (Å²) in [6, 6.07) is 3.07. The number of aromatic nitrogens is 1. The number of benzene rings is 1. The molecule has 2 aliphatic rings. The van der Waals surface area contributed by atoms with E-state index in [0.29, 0.717) is 10.8 Å². The number of fused-ring (bicyclic) bond motifs is 1. The predicted octanol–water partition coefficient (Wildman–Crippen LogP) is -1.84. The van der Waals surface area contributed by atoms with E-state index < -0.39 is 35.2 Å². The number of anilines is 1. The SMILES string of the molecule is CC(=O)OCC1=C(C(=O)[O-])N2C(=O)C(NC(=O)/C(=C\c3c(C)cc(C)cc3C)c3csc(N)n3)[C@@H]2SC1.[Na+]. The number of thiazole rings is 1. The van der Waals surface area contributed by atoms with Crippen molar-refractivity contribution in [3.8, 4) is 0 Å². The molecule has 4 rings (SSSR count). The van der Waals surface area contributed by atoms with E-state index in [1.165, 1.54) is 30.0 Å². The van der Waals surface area contributed by atoms with Gasteiger partial charge >= 0.3 is 35.5 Å². The molecule has 1 aromatic carbocycles. The first-order valence-corrected chi connectivity index (χ1v) is 13.2. The second-order valence-electron chi connectivity index (χ2n) is 8.82. The summed E-state index contributed by atoms with van der Waals surface area (Å²) in [6.07, 6.45) is 1.73. The standard InChI is InChI=1S/C25H26N4O6S2.Na/c1-11-5-12(2)16(13(3)6-11)7-17(18-10-37-25(26)27-18)21(31)28-19-22(32)29-20(24(33)34)15(8-35-14(4)30)9-36-23(19)29;/h5-7,10,19,23H,8-9H2,1-4H3,(H2,26,27)(H,28,31)(H,33,34);/q;+1/p-1/b17-7-;/t19?,23-;/m0./s1. The fraction of sp³-hybridized carbons (Fsp3) is 0.320. The number of carbonyl (C=O) groups is 4. The van der Waals surface area contributed by atoms with E-state index in [2.05, 4.69) is 10.3 Å². The first-order chi connectivity index (χ1) is 17.5. The Balaban J connectivity index is 0.00000400. The first-order valence-electron chi connectivity index (χ1n) is 11.3. The van der Waals surface area contributed by atoms with Crippen LogP contribution in [0.3, 0.4) is 0 Å². The van der Waals surface area contributed by atoms with Crippen LogP contribution in [0, 0.1) is 20.8 Å². The molecule has 13 heteroatoms. The van der Waals surface area contributed by atoms with Crippen molar-refractivity contribution < 1.29 is 58.6 Å². The molecule has 10 nitrogen and oxygen atoms in total. The number of β-lactam (4-membered cyclic amide) rings is 1. The molecule has 194 valence electrons. The van der Waals surface area contributed by atoms with Crippen LogP contribution in [0.2, 0.25) is 0 Å². The quantitative estimate of drug-likeness (QED) is 0.171. The third kappa shape index (κ3) is 5.99. The number of esters is 1. The van der Waals surface area contributed by atoms with E-state index in [4.69, 9.17) is 10.5 Å². The van der Waals surface area contributed by atoms with Crippen molar-refractivity contribution in [3.63, 3.8) is 0 Å². The monoisotopic (exact) mass is 564 g/mol. The maximum Gasteiger partial charge on any atom is 1.00 e. The summed E-state index contributed by atoms with van der Waals surface area (Å²) in [4.78, 5) is 54.9. The molecule has 2 amide bonds. The smallest absolute Gasteiger partial charge is 0.543 e. The molecule has 1 aromatic heterocycles. The maximum atomic E-state index is 13.5. The molecule has 2 atom stereocenters. The van der Waals surface area contributed by atoms with E-state index in [-0.39, 0.29) is 58.8 Å². The summed E-state index contributed by atoms with van der Waals surface area (Å²) >= 11 is 2.46. The van der Waals surface area contributed by atoms with Gasteiger partial charge in [0.1, 0.15) is 18.0 Å². The summed E-state index contributed by atoms with van der Waals surface area (Å²) in [5.41, 5.74) is 10.3. The minimum absolute atomic E-state index is 0. The van der Waals surface area contributed by atoms with Gasteiger partial charge in [-0.15, -0.1) is 23.1 Å². The number of carboxylic acid groups (broad SMARTS) is 1. The van der Waals surface area contributed by atoms with Gasteiger partial charge in [0.15, 0.2) is 5.13 Å². The topological polar surface area (TPSA) is 155 Å². The van der Waals surface area contributed by atoms with Crippen molar-refractivity contribution in [2.75, 3.05) is 18.1 Å². The summed E-state index contributed by atoms with van der Waals surface area (Å²) < 4.78 is 4.93. The molecule has 3 heterocycles. The Morgan fingerprint density at radius 3 is 2.47 bits per heavy atom. The van der Waals surface area contributed by atoms with Gasteiger partial charge in [0.25, 0.3) is 11.8 Å². The van der Waals surface area contributed by atoms with Crippen LogP contribution in [-0.2, 0) is 23.9 Å². The molecule has 0 aliphatic carbocycles. The Morgan fingerprint density at radius 1 is 1.26 bits per heavy atom. The number of carboxylic acids is 1. The molecule has 1 unspecified atom stereocenters. The normalized spacial score (nSPS) is 18.8. The maximum absolute atomic E-state index is 13.5. The fourth-order valence-corrected chi connectivity index (χ4v) is 6.31. The molecule has 0 radical (unpaired) electrons. The summed E-state index contributed by atoms with van der Waals surface area (Å²) in [6.45, 7) is 6.84. The van der Waals surface area contributed by atoms with E-state index in [0.717, 1.165) is 27.2 Å². The molecule has 3 N–H and O–H groups in total. The van der Waals surface area contributed by atoms with Gasteiger partial charge in [0.05, 0.1) is 22.9 Å². The van der Waals surface area contributed by atoms with Crippen LogP contribution >= 0.6 is 23.1 Å². The zero-order chi connectivity index (χ0) is 27.0. The third-order valence-corrected chi connectivity index (χ3v) is 8.06. The number of nitrogens with zero attached hydrogens (tertiary/aromatic N) is 2. The second kappa shape index (κ2) is 12.0. The van der Waals surface area contributed by atoms with Crippen LogP contribution in [-0.4, -0.2) is 57.4 Å². The number of hydrogen-bond acceptors (Lipinski definition) is 10. The summed E-state index contributed by atoms with van der Waals surface area (Å²) in [5, 5.41) is 15.9. The number of ether oxygens (including phenoxy) is 1. The van der Waals surface area contributed by atoms with Gasteiger partial charge in [0, 0.05) is 23.6 Å². The van der Waals surface area contributed by atoms with E-state index in [1.54, 1.807) is 11.5 Å². The molecule has 0 spiro atoms. The third-order valence-electron chi connectivity index (χ3n) is 6.05. The predicted molar refractivity (Wildman–Crippen MR) is 139 cm³/mol. The molecular weight excluding hydrogens is 539 g/mol. The Hall–Kier alpha value is -2.64. The van der Waals surface area contributed by atoms with Crippen molar-refractivity contribution in [1.82, 2.24) is 15.2 Å². The van der Waals surface area contributed by atoms with Gasteiger partial charge < -0.3 is 25.7 Å². The molecule has 2 aromatic rings. The van der Waals surface area contributed by atoms with Gasteiger partial charge in [0.2, 0.25) is 0 Å². The Kier molecular flexibility index (Phi) is 9.48. The number of carbonyl (C=O) groups excluding carboxylic acids is 4. The van der Waals surface area contributed by atoms with Crippen molar-refractivity contribution in [2.24, 2.45) is 0 Å². The van der Waals surface area contributed by atoms with Gasteiger partial charge in [-0.3, -0.25) is 19.3 Å². The number of nitrogens with one attached hydrogen (secondary N) is 1. The van der Waals surface area contributed by atoms with Gasteiger partial charge in [-0.25, -0.2) is 4.98 Å². The molecule has 2 aliphatic heterocycles. The number of rotatable bonds is 7. The van der Waals surface area contributed by atoms with Crippen LogP contribution in [0.5, 0.6) is 0 Å². The minimum Gasteiger partial charge on any atom is -0.543 e. The zero-order valence-electron chi connectivity index (χ0n) is 21.6. The molecule has 0 saturated carbocycles. The second-order valence-corrected chi connectivity index (χ2v) is 10.8. The average Bonchev–Trinajstić information content (AvgIpc) is 3.25. The van der Waals surface area contributed by atoms with Gasteiger partial charge in [-0.2, -0.15) is 0 Å². The van der Waals surface area contributed by atoms with Crippen molar-refractivity contribution >= 4 is 63.6 Å². The first kappa shape index (κ1) is 29.9. The number of amides is 2. The van der Waals surface area contributed by atoms with E-state index >= 15 is 0 Å². The number of aliphatic carboxylic acids is 1. The fourth-order valence-electron chi connectivity index (χ4n) is 4.42. The average molecular weight is 565 g/mol. The van der Waals surface area contributed by atoms with E-state index in [1.807, 2.05) is 32.9 Å². The zero-order valence-corrected chi connectivity index (χ0v) is 25.2. The van der Waals surface area contributed by atoms with Crippen LogP contribution in [0.25, 0.3) is 11.6 Å². The van der Waals surface area contributed by atoms with Crippen LogP contribution in [0.1, 0.15) is 34.9 Å². The summed E-state index contributed by atoms with van der Waals surface area (Å²) in [7, 11) is 0. The Labute approximate surface area is 250 Å². The Bertz CT molecular complexity index is 1360. The number of nitrogens with two attached hydrogens (primary N) is 1. The summed E-state index contributed by atoms with van der Waals surface area (Å²) in [5.74, 6) is -3.05. The van der Waals surface area contributed by atoms with Gasteiger partial charge in [-0.05, 0) is 43.5 Å². The number of nitrogen functional groups attached to an aromatic ring is 1. The largest absolute Gasteiger partial charge is 1.00 e. The van der Waals surface area contributed by atoms with Crippen molar-refractivity contribution in [1.29, 1.82) is 0 Å². The van der Waals surface area contributed by atoms with Crippen LogP contribution in [0.15, 0.2) is 28.8 Å². The van der Waals surface area contributed by atoms with Crippen LogP contribution in [0.4, 0.5) is 5.13 Å². The Morgan fingerprint density at radius 2 is 1.92 bits per heavy atom. The van der Waals surface area contributed by atoms with E-state index in [9.17, 15) is 24.3 Å². The molecular formula is C25H25N4NaO6S2. The molecule has 38 heavy (non-hydrogen) atoms. The molecule has 0 bridgehead atoms. The molecule has 1 fully saturated rings. The number of aryl methyl sites for hydroxylation is 3. The number of thioether (sulfide) groups is 1. The van der Waals surface area contributed by atoms with Gasteiger partial charge in [-0.1, -0.05) is 17.7 Å².